The maximum absolute atomic E-state index is 14.1. The summed E-state index contributed by atoms with van der Waals surface area (Å²) in [5, 5.41) is 0. The van der Waals surface area contributed by atoms with E-state index in [1.54, 1.807) is 30.3 Å². The van der Waals surface area contributed by atoms with Crippen LogP contribution in [-0.4, -0.2) is 28.0 Å². The highest BCUT2D eigenvalue weighted by Gasteiger charge is 2.50. The quantitative estimate of drug-likeness (QED) is 0.448. The fraction of sp³-hybridized carbons (Fsp3) is 0.333. The van der Waals surface area contributed by atoms with Gasteiger partial charge in [-0.05, 0) is 18.2 Å². The molecule has 1 rings (SSSR count). The summed E-state index contributed by atoms with van der Waals surface area (Å²) in [4.78, 5) is 0. The third-order valence-corrected chi connectivity index (χ3v) is 3.91. The Balaban J connectivity index is 2.83. The molecule has 8 heteroatoms. The minimum atomic E-state index is -5.29. The number of benzene rings is 1. The average molecular weight is 312 g/mol. The molecule has 0 radical (unpaired) electrons. The zero-order valence-corrected chi connectivity index (χ0v) is 11.5. The van der Waals surface area contributed by atoms with Crippen LogP contribution in [0.25, 0.3) is 6.08 Å². The van der Waals surface area contributed by atoms with Gasteiger partial charge >= 0.3 is 15.1 Å². The average Bonchev–Trinajstić information content (AvgIpc) is 2.37. The van der Waals surface area contributed by atoms with Crippen molar-refractivity contribution < 1.29 is 30.5 Å². The van der Waals surface area contributed by atoms with E-state index in [1.165, 1.54) is 13.0 Å². The number of rotatable bonds is 6. The molecule has 2 nitrogen and oxygen atoms in total. The van der Waals surface area contributed by atoms with Crippen molar-refractivity contribution in [3.8, 4) is 0 Å². The smallest absolute Gasteiger partial charge is 0.368 e. The van der Waals surface area contributed by atoms with Crippen molar-refractivity contribution in [1.82, 2.24) is 0 Å². The number of hydrogen-bond donors (Lipinski definition) is 0. The van der Waals surface area contributed by atoms with Gasteiger partial charge in [0.2, 0.25) is 0 Å². The van der Waals surface area contributed by atoms with Gasteiger partial charge in [-0.1, -0.05) is 36.4 Å². The summed E-state index contributed by atoms with van der Waals surface area (Å²) >= 11 is 0. The standard InChI is InChI=1S/C12H13F5O2Si/c1-2-18-20(17,19-11(13)12(14,15)16)9-8-10-6-4-3-5-7-10/h3-9,11H,2H2,1H3. The van der Waals surface area contributed by atoms with Crippen LogP contribution in [0, 0.1) is 0 Å². The van der Waals surface area contributed by atoms with Gasteiger partial charge in [0.05, 0.1) is 0 Å². The van der Waals surface area contributed by atoms with E-state index in [-0.39, 0.29) is 6.61 Å². The van der Waals surface area contributed by atoms with Crippen LogP contribution in [0.3, 0.4) is 0 Å². The van der Waals surface area contributed by atoms with E-state index >= 15 is 0 Å². The third kappa shape index (κ3) is 5.39. The summed E-state index contributed by atoms with van der Waals surface area (Å²) in [7, 11) is -4.88. The van der Waals surface area contributed by atoms with Crippen molar-refractivity contribution in [2.24, 2.45) is 0 Å². The highest BCUT2D eigenvalue weighted by atomic mass is 28.4. The fourth-order valence-electron chi connectivity index (χ4n) is 1.29. The van der Waals surface area contributed by atoms with E-state index in [2.05, 4.69) is 8.85 Å². The first-order chi connectivity index (χ1) is 9.27. The molecule has 0 spiro atoms. The van der Waals surface area contributed by atoms with Gasteiger partial charge in [-0.2, -0.15) is 13.2 Å². The molecule has 0 saturated carbocycles. The van der Waals surface area contributed by atoms with Crippen molar-refractivity contribution in [3.05, 3.63) is 41.6 Å². The van der Waals surface area contributed by atoms with E-state index in [4.69, 9.17) is 0 Å². The van der Waals surface area contributed by atoms with Gasteiger partial charge in [0.1, 0.15) is 0 Å². The normalized spacial score (nSPS) is 17.1. The molecule has 20 heavy (non-hydrogen) atoms. The second kappa shape index (κ2) is 6.96. The second-order valence-corrected chi connectivity index (χ2v) is 5.76. The lowest BCUT2D eigenvalue weighted by atomic mass is 10.2. The van der Waals surface area contributed by atoms with Crippen molar-refractivity contribution in [2.75, 3.05) is 6.61 Å². The third-order valence-electron chi connectivity index (χ3n) is 2.14. The number of alkyl halides is 4. The molecule has 0 amide bonds. The van der Waals surface area contributed by atoms with Crippen LogP contribution in [-0.2, 0) is 8.85 Å². The zero-order chi connectivity index (χ0) is 15.2. The molecule has 1 aromatic rings. The van der Waals surface area contributed by atoms with E-state index in [1.807, 2.05) is 0 Å². The van der Waals surface area contributed by atoms with Crippen molar-refractivity contribution >= 4 is 15.0 Å². The Morgan fingerprint density at radius 2 is 1.85 bits per heavy atom. The number of hydrogen-bond acceptors (Lipinski definition) is 2. The summed E-state index contributed by atoms with van der Waals surface area (Å²) in [5.74, 6) is 0. The Labute approximate surface area is 114 Å². The molecular formula is C12H13F5O2Si. The molecule has 2 atom stereocenters. The van der Waals surface area contributed by atoms with Gasteiger partial charge < -0.3 is 8.85 Å². The van der Waals surface area contributed by atoms with Crippen molar-refractivity contribution in [2.45, 2.75) is 19.5 Å². The summed E-state index contributed by atoms with van der Waals surface area (Å²) in [6.45, 7) is 1.15. The molecule has 0 saturated heterocycles. The van der Waals surface area contributed by atoms with E-state index in [0.29, 0.717) is 5.56 Å². The summed E-state index contributed by atoms with van der Waals surface area (Å²) in [6, 6.07) is 8.26. The van der Waals surface area contributed by atoms with Crippen molar-refractivity contribution in [1.29, 1.82) is 0 Å². The lowest BCUT2D eigenvalue weighted by Crippen LogP contribution is -2.43. The predicted molar refractivity (Wildman–Crippen MR) is 66.0 cm³/mol. The maximum atomic E-state index is 14.1. The summed E-state index contributed by atoms with van der Waals surface area (Å²) in [5.41, 5.74) is 1.26. The van der Waals surface area contributed by atoms with Gasteiger partial charge in [-0.15, -0.1) is 0 Å². The topological polar surface area (TPSA) is 18.5 Å². The Hall–Kier alpha value is -1.25. The van der Waals surface area contributed by atoms with E-state index < -0.39 is 21.4 Å². The van der Waals surface area contributed by atoms with Crippen LogP contribution in [0.2, 0.25) is 0 Å². The van der Waals surface area contributed by atoms with Crippen LogP contribution >= 0.6 is 0 Å². The maximum Gasteiger partial charge on any atom is 0.570 e. The molecule has 0 aromatic heterocycles. The monoisotopic (exact) mass is 312 g/mol. The van der Waals surface area contributed by atoms with Crippen LogP contribution in [0.15, 0.2) is 36.0 Å². The Morgan fingerprint density at radius 3 is 2.35 bits per heavy atom. The van der Waals surface area contributed by atoms with E-state index in [9.17, 15) is 21.7 Å². The van der Waals surface area contributed by atoms with Crippen LogP contribution in [0.1, 0.15) is 12.5 Å². The predicted octanol–water partition coefficient (Wildman–Crippen LogP) is 4.06. The zero-order valence-electron chi connectivity index (χ0n) is 10.5. The van der Waals surface area contributed by atoms with Crippen LogP contribution in [0.4, 0.5) is 21.7 Å². The SMILES string of the molecule is CCO[Si](F)(C=Cc1ccccc1)OC(F)C(F)(F)F. The molecule has 0 aliphatic carbocycles. The van der Waals surface area contributed by atoms with Crippen LogP contribution in [0.5, 0.6) is 0 Å². The van der Waals surface area contributed by atoms with Gasteiger partial charge in [0.15, 0.2) is 0 Å². The molecule has 1 aromatic carbocycles. The minimum Gasteiger partial charge on any atom is -0.368 e. The van der Waals surface area contributed by atoms with E-state index in [0.717, 1.165) is 5.70 Å². The van der Waals surface area contributed by atoms with Gasteiger partial charge in [-0.3, -0.25) is 0 Å². The summed E-state index contributed by atoms with van der Waals surface area (Å²) in [6.07, 6.45) is -7.81. The van der Waals surface area contributed by atoms with Crippen LogP contribution < -0.4 is 0 Å². The molecule has 2 unspecified atom stereocenters. The molecule has 0 heterocycles. The lowest BCUT2D eigenvalue weighted by molar-refractivity contribution is -0.245. The molecular weight excluding hydrogens is 299 g/mol. The molecule has 0 aliphatic heterocycles. The highest BCUT2D eigenvalue weighted by Crippen LogP contribution is 2.28. The lowest BCUT2D eigenvalue weighted by Gasteiger charge is -2.21. The summed E-state index contributed by atoms with van der Waals surface area (Å²) < 4.78 is 71.5. The molecule has 0 fully saturated rings. The van der Waals surface area contributed by atoms with Gasteiger partial charge in [0.25, 0.3) is 6.36 Å². The first-order valence-corrected chi connectivity index (χ1v) is 7.50. The Kier molecular flexibility index (Phi) is 5.84. The second-order valence-electron chi connectivity index (χ2n) is 3.73. The molecule has 0 bridgehead atoms. The molecule has 0 N–H and O–H groups in total. The Morgan fingerprint density at radius 1 is 1.25 bits per heavy atom. The first kappa shape index (κ1) is 16.8. The van der Waals surface area contributed by atoms with Gasteiger partial charge in [0, 0.05) is 6.61 Å². The molecule has 0 aliphatic rings. The fourth-order valence-corrected chi connectivity index (χ4v) is 2.73. The largest absolute Gasteiger partial charge is 0.570 e. The highest BCUT2D eigenvalue weighted by molar-refractivity contribution is 6.66. The minimum absolute atomic E-state index is 0.230. The van der Waals surface area contributed by atoms with Gasteiger partial charge in [-0.25, -0.2) is 8.50 Å². The number of halogens is 5. The van der Waals surface area contributed by atoms with Crippen molar-refractivity contribution in [3.63, 3.8) is 0 Å². The first-order valence-electron chi connectivity index (χ1n) is 5.72. The Bertz CT molecular complexity index is 437. The molecule has 112 valence electrons.